The Labute approximate surface area is 107 Å². The van der Waals surface area contributed by atoms with Crippen molar-refractivity contribution in [1.82, 2.24) is 4.90 Å². The van der Waals surface area contributed by atoms with E-state index in [4.69, 9.17) is 9.47 Å². The van der Waals surface area contributed by atoms with Crippen molar-refractivity contribution in [1.29, 1.82) is 0 Å². The van der Waals surface area contributed by atoms with E-state index >= 15 is 0 Å². The van der Waals surface area contributed by atoms with E-state index in [-0.39, 0.29) is 6.03 Å². The fourth-order valence-corrected chi connectivity index (χ4v) is 1.60. The summed E-state index contributed by atoms with van der Waals surface area (Å²) in [7, 11) is 1.75. The lowest BCUT2D eigenvalue weighted by Crippen LogP contribution is -2.30. The van der Waals surface area contributed by atoms with Crippen molar-refractivity contribution in [3.05, 3.63) is 18.2 Å². The zero-order chi connectivity index (χ0) is 13.0. The maximum atomic E-state index is 11.7. The molecule has 0 unspecified atom stereocenters. The first kappa shape index (κ1) is 12.5. The normalized spacial score (nSPS) is 13.7. The monoisotopic (exact) mass is 250 g/mol. The number of urea groups is 1. The Morgan fingerprint density at radius 2 is 2.06 bits per heavy atom. The summed E-state index contributed by atoms with van der Waals surface area (Å²) < 4.78 is 11.1. The lowest BCUT2D eigenvalue weighted by molar-refractivity contribution is 0.224. The molecule has 98 valence electrons. The molecule has 1 aromatic rings. The molecule has 18 heavy (non-hydrogen) atoms. The number of rotatable bonds is 2. The minimum absolute atomic E-state index is 0.132. The number of nitrogens with one attached hydrogen (secondary N) is 1. The number of fused-ring (bicyclic) bond motifs is 1. The SMILES string of the molecule is CCN(C)C(=O)Nc1ccc2c(c1)OCCCO2. The van der Waals surface area contributed by atoms with Gasteiger partial charge in [0.05, 0.1) is 13.2 Å². The van der Waals surface area contributed by atoms with Gasteiger partial charge in [0.15, 0.2) is 11.5 Å². The first-order valence-corrected chi connectivity index (χ1v) is 6.12. The molecule has 0 bridgehead atoms. The molecule has 0 aliphatic carbocycles. The molecule has 1 aliphatic heterocycles. The van der Waals surface area contributed by atoms with E-state index in [1.165, 1.54) is 0 Å². The van der Waals surface area contributed by atoms with Crippen LogP contribution in [0.1, 0.15) is 13.3 Å². The van der Waals surface area contributed by atoms with Gasteiger partial charge in [0.25, 0.3) is 0 Å². The molecule has 1 aliphatic rings. The van der Waals surface area contributed by atoms with Gasteiger partial charge in [0.2, 0.25) is 0 Å². The van der Waals surface area contributed by atoms with Gasteiger partial charge in [-0.05, 0) is 19.1 Å². The number of benzene rings is 1. The number of nitrogens with zero attached hydrogens (tertiary/aromatic N) is 1. The van der Waals surface area contributed by atoms with Gasteiger partial charge in [-0.2, -0.15) is 0 Å². The van der Waals surface area contributed by atoms with Crippen molar-refractivity contribution in [2.45, 2.75) is 13.3 Å². The van der Waals surface area contributed by atoms with Gasteiger partial charge in [-0.1, -0.05) is 0 Å². The van der Waals surface area contributed by atoms with Crippen LogP contribution < -0.4 is 14.8 Å². The predicted molar refractivity (Wildman–Crippen MR) is 69.4 cm³/mol. The highest BCUT2D eigenvalue weighted by Crippen LogP contribution is 2.32. The van der Waals surface area contributed by atoms with Crippen LogP contribution in [-0.4, -0.2) is 37.7 Å². The Bertz CT molecular complexity index is 434. The smallest absolute Gasteiger partial charge is 0.321 e. The Balaban J connectivity index is 2.11. The predicted octanol–water partition coefficient (Wildman–Crippen LogP) is 2.33. The molecule has 1 heterocycles. The van der Waals surface area contributed by atoms with Crippen LogP contribution in [0.25, 0.3) is 0 Å². The molecular weight excluding hydrogens is 232 g/mol. The van der Waals surface area contributed by atoms with Gasteiger partial charge in [-0.15, -0.1) is 0 Å². The molecule has 0 spiro atoms. The number of ether oxygens (including phenoxy) is 2. The fourth-order valence-electron chi connectivity index (χ4n) is 1.60. The summed E-state index contributed by atoms with van der Waals surface area (Å²) in [4.78, 5) is 13.3. The van der Waals surface area contributed by atoms with Crippen molar-refractivity contribution in [3.8, 4) is 11.5 Å². The summed E-state index contributed by atoms with van der Waals surface area (Å²) in [5.74, 6) is 1.42. The highest BCUT2D eigenvalue weighted by Gasteiger charge is 2.12. The number of hydrogen-bond donors (Lipinski definition) is 1. The molecule has 5 heteroatoms. The van der Waals surface area contributed by atoms with Crippen molar-refractivity contribution in [2.24, 2.45) is 0 Å². The first-order valence-electron chi connectivity index (χ1n) is 6.12. The summed E-state index contributed by atoms with van der Waals surface area (Å²) in [6.07, 6.45) is 0.870. The van der Waals surface area contributed by atoms with Gasteiger partial charge in [0, 0.05) is 31.8 Å². The molecule has 0 radical (unpaired) electrons. The second-order valence-corrected chi connectivity index (χ2v) is 4.16. The topological polar surface area (TPSA) is 50.8 Å². The highest BCUT2D eigenvalue weighted by molar-refractivity contribution is 5.89. The number of amides is 2. The average Bonchev–Trinajstić information content (AvgIpc) is 2.62. The van der Waals surface area contributed by atoms with Crippen LogP contribution in [0.15, 0.2) is 18.2 Å². The Hall–Kier alpha value is -1.91. The number of hydrogen-bond acceptors (Lipinski definition) is 3. The molecule has 2 rings (SSSR count). The van der Waals surface area contributed by atoms with Crippen molar-refractivity contribution in [2.75, 3.05) is 32.1 Å². The summed E-state index contributed by atoms with van der Waals surface area (Å²) in [5, 5.41) is 2.81. The van der Waals surface area contributed by atoms with Crippen LogP contribution in [0.2, 0.25) is 0 Å². The number of anilines is 1. The number of carbonyl (C=O) groups is 1. The third kappa shape index (κ3) is 2.85. The number of carbonyl (C=O) groups excluding carboxylic acids is 1. The van der Waals surface area contributed by atoms with Crippen LogP contribution in [0, 0.1) is 0 Å². The lowest BCUT2D eigenvalue weighted by Gasteiger charge is -2.16. The Morgan fingerprint density at radius 3 is 2.78 bits per heavy atom. The molecule has 1 aromatic carbocycles. The fraction of sp³-hybridized carbons (Fsp3) is 0.462. The van der Waals surface area contributed by atoms with Crippen LogP contribution >= 0.6 is 0 Å². The summed E-state index contributed by atoms with van der Waals surface area (Å²) in [5.41, 5.74) is 0.713. The molecule has 1 N–H and O–H groups in total. The van der Waals surface area contributed by atoms with Gasteiger partial charge in [-0.3, -0.25) is 0 Å². The molecule has 0 aromatic heterocycles. The Morgan fingerprint density at radius 1 is 1.33 bits per heavy atom. The van der Waals surface area contributed by atoms with E-state index in [2.05, 4.69) is 5.32 Å². The summed E-state index contributed by atoms with van der Waals surface area (Å²) in [6.45, 7) is 3.89. The van der Waals surface area contributed by atoms with E-state index in [0.29, 0.717) is 31.2 Å². The maximum absolute atomic E-state index is 11.7. The maximum Gasteiger partial charge on any atom is 0.321 e. The van der Waals surface area contributed by atoms with Crippen molar-refractivity contribution >= 4 is 11.7 Å². The van der Waals surface area contributed by atoms with Crippen LogP contribution in [0.5, 0.6) is 11.5 Å². The zero-order valence-corrected chi connectivity index (χ0v) is 10.7. The minimum Gasteiger partial charge on any atom is -0.490 e. The summed E-state index contributed by atoms with van der Waals surface area (Å²) in [6, 6.07) is 5.30. The van der Waals surface area contributed by atoms with Crippen molar-refractivity contribution in [3.63, 3.8) is 0 Å². The molecule has 0 fully saturated rings. The third-order valence-electron chi connectivity index (χ3n) is 2.82. The third-order valence-corrected chi connectivity index (χ3v) is 2.82. The average molecular weight is 250 g/mol. The quantitative estimate of drug-likeness (QED) is 0.876. The molecule has 0 saturated heterocycles. The van der Waals surface area contributed by atoms with E-state index in [0.717, 1.165) is 12.2 Å². The van der Waals surface area contributed by atoms with Crippen LogP contribution in [0.4, 0.5) is 10.5 Å². The lowest BCUT2D eigenvalue weighted by atomic mass is 10.3. The molecule has 0 saturated carbocycles. The first-order chi connectivity index (χ1) is 8.70. The van der Waals surface area contributed by atoms with E-state index in [9.17, 15) is 4.79 Å². The second kappa shape index (κ2) is 5.62. The minimum atomic E-state index is -0.132. The second-order valence-electron chi connectivity index (χ2n) is 4.16. The zero-order valence-electron chi connectivity index (χ0n) is 10.7. The van der Waals surface area contributed by atoms with Gasteiger partial charge < -0.3 is 19.7 Å². The highest BCUT2D eigenvalue weighted by atomic mass is 16.5. The molecule has 5 nitrogen and oxygen atoms in total. The van der Waals surface area contributed by atoms with Gasteiger partial charge in [-0.25, -0.2) is 4.79 Å². The largest absolute Gasteiger partial charge is 0.490 e. The van der Waals surface area contributed by atoms with E-state index in [1.807, 2.05) is 19.1 Å². The standard InChI is InChI=1S/C13H18N2O3/c1-3-15(2)13(16)14-10-5-6-11-12(9-10)18-8-4-7-17-11/h5-6,9H,3-4,7-8H2,1-2H3,(H,14,16). The van der Waals surface area contributed by atoms with E-state index < -0.39 is 0 Å². The van der Waals surface area contributed by atoms with Crippen molar-refractivity contribution < 1.29 is 14.3 Å². The molecule has 0 atom stereocenters. The Kier molecular flexibility index (Phi) is 3.92. The summed E-state index contributed by atoms with van der Waals surface area (Å²) >= 11 is 0. The van der Waals surface area contributed by atoms with Crippen LogP contribution in [-0.2, 0) is 0 Å². The van der Waals surface area contributed by atoms with E-state index in [1.54, 1.807) is 18.0 Å². The van der Waals surface area contributed by atoms with Crippen LogP contribution in [0.3, 0.4) is 0 Å². The molecule has 2 amide bonds. The van der Waals surface area contributed by atoms with Gasteiger partial charge >= 0.3 is 6.03 Å². The molecular formula is C13H18N2O3. The van der Waals surface area contributed by atoms with Gasteiger partial charge in [0.1, 0.15) is 0 Å².